The Morgan fingerprint density at radius 1 is 1.24 bits per heavy atom. The molecule has 0 radical (unpaired) electrons. The number of rotatable bonds is 7. The molecule has 0 aromatic heterocycles. The maximum absolute atomic E-state index is 9.33. The SMILES string of the molecule is CCCNC(CO)CN1CCN(C2CC2)CC1. The Bertz CT molecular complexity index is 213. The van der Waals surface area contributed by atoms with E-state index in [1.54, 1.807) is 0 Å². The van der Waals surface area contributed by atoms with Gasteiger partial charge in [0.2, 0.25) is 0 Å². The van der Waals surface area contributed by atoms with Crippen molar-refractivity contribution in [3.63, 3.8) is 0 Å². The minimum atomic E-state index is 0.252. The summed E-state index contributed by atoms with van der Waals surface area (Å²) in [6.07, 6.45) is 3.96. The number of hydrogen-bond donors (Lipinski definition) is 2. The van der Waals surface area contributed by atoms with Crippen LogP contribution in [0.3, 0.4) is 0 Å². The van der Waals surface area contributed by atoms with Gasteiger partial charge in [0.25, 0.3) is 0 Å². The Balaban J connectivity index is 1.64. The molecule has 0 bridgehead atoms. The zero-order valence-electron chi connectivity index (χ0n) is 11.1. The molecule has 1 saturated heterocycles. The summed E-state index contributed by atoms with van der Waals surface area (Å²) >= 11 is 0. The molecule has 4 heteroatoms. The summed E-state index contributed by atoms with van der Waals surface area (Å²) in [4.78, 5) is 5.12. The second-order valence-electron chi connectivity index (χ2n) is 5.40. The molecule has 0 aromatic rings. The van der Waals surface area contributed by atoms with Crippen molar-refractivity contribution in [1.82, 2.24) is 15.1 Å². The summed E-state index contributed by atoms with van der Waals surface area (Å²) in [7, 11) is 0. The number of hydrogen-bond acceptors (Lipinski definition) is 4. The summed E-state index contributed by atoms with van der Waals surface area (Å²) < 4.78 is 0. The highest BCUT2D eigenvalue weighted by molar-refractivity contribution is 4.88. The van der Waals surface area contributed by atoms with E-state index in [1.807, 2.05) is 0 Å². The summed E-state index contributed by atoms with van der Waals surface area (Å²) in [6.45, 7) is 9.19. The van der Waals surface area contributed by atoms with Crippen LogP contribution in [0.4, 0.5) is 0 Å². The van der Waals surface area contributed by atoms with Crippen LogP contribution in [0.2, 0.25) is 0 Å². The highest BCUT2D eigenvalue weighted by Gasteiger charge is 2.31. The van der Waals surface area contributed by atoms with Crippen LogP contribution in [0.1, 0.15) is 26.2 Å². The molecule has 1 saturated carbocycles. The lowest BCUT2D eigenvalue weighted by atomic mass is 10.2. The second-order valence-corrected chi connectivity index (χ2v) is 5.40. The summed E-state index contributed by atoms with van der Waals surface area (Å²) in [5.74, 6) is 0. The van der Waals surface area contributed by atoms with E-state index in [1.165, 1.54) is 39.0 Å². The van der Waals surface area contributed by atoms with Gasteiger partial charge in [0.15, 0.2) is 0 Å². The second kappa shape index (κ2) is 6.69. The minimum absolute atomic E-state index is 0.252. The van der Waals surface area contributed by atoms with E-state index in [4.69, 9.17) is 0 Å². The number of piperazine rings is 1. The minimum Gasteiger partial charge on any atom is -0.395 e. The fourth-order valence-electron chi connectivity index (χ4n) is 2.60. The van der Waals surface area contributed by atoms with Crippen LogP contribution in [-0.2, 0) is 0 Å². The molecule has 1 heterocycles. The molecule has 17 heavy (non-hydrogen) atoms. The number of nitrogens with one attached hydrogen (secondary N) is 1. The van der Waals surface area contributed by atoms with Crippen molar-refractivity contribution in [3.05, 3.63) is 0 Å². The van der Waals surface area contributed by atoms with Gasteiger partial charge in [-0.25, -0.2) is 0 Å². The molecular weight excluding hydrogens is 214 g/mol. The molecular formula is C13H27N3O. The van der Waals surface area contributed by atoms with Gasteiger partial charge in [-0.3, -0.25) is 9.80 Å². The van der Waals surface area contributed by atoms with Crippen LogP contribution < -0.4 is 5.32 Å². The molecule has 1 aliphatic carbocycles. The molecule has 0 amide bonds. The van der Waals surface area contributed by atoms with Crippen molar-refractivity contribution in [3.8, 4) is 0 Å². The average Bonchev–Trinajstić information content (AvgIpc) is 3.19. The van der Waals surface area contributed by atoms with E-state index in [9.17, 15) is 5.11 Å². The Morgan fingerprint density at radius 2 is 1.94 bits per heavy atom. The van der Waals surface area contributed by atoms with Crippen LogP contribution in [0.5, 0.6) is 0 Å². The van der Waals surface area contributed by atoms with Crippen molar-refractivity contribution >= 4 is 0 Å². The lowest BCUT2D eigenvalue weighted by Crippen LogP contribution is -2.52. The first-order valence-corrected chi connectivity index (χ1v) is 7.14. The van der Waals surface area contributed by atoms with Gasteiger partial charge in [-0.05, 0) is 25.8 Å². The highest BCUT2D eigenvalue weighted by atomic mass is 16.3. The molecule has 1 aliphatic heterocycles. The molecule has 2 fully saturated rings. The Hall–Kier alpha value is -0.160. The zero-order chi connectivity index (χ0) is 12.1. The van der Waals surface area contributed by atoms with Gasteiger partial charge in [0.1, 0.15) is 0 Å². The maximum atomic E-state index is 9.33. The summed E-state index contributed by atoms with van der Waals surface area (Å²) in [5.41, 5.74) is 0. The van der Waals surface area contributed by atoms with Crippen LogP contribution >= 0.6 is 0 Å². The van der Waals surface area contributed by atoms with E-state index in [0.717, 1.165) is 25.6 Å². The van der Waals surface area contributed by atoms with Gasteiger partial charge in [-0.15, -0.1) is 0 Å². The maximum Gasteiger partial charge on any atom is 0.0597 e. The third-order valence-corrected chi connectivity index (χ3v) is 3.85. The van der Waals surface area contributed by atoms with Gasteiger partial charge < -0.3 is 10.4 Å². The average molecular weight is 241 g/mol. The number of aliphatic hydroxyl groups is 1. The van der Waals surface area contributed by atoms with Crippen LogP contribution in [0.25, 0.3) is 0 Å². The zero-order valence-corrected chi connectivity index (χ0v) is 11.1. The van der Waals surface area contributed by atoms with Crippen molar-refractivity contribution in [1.29, 1.82) is 0 Å². The monoisotopic (exact) mass is 241 g/mol. The highest BCUT2D eigenvalue weighted by Crippen LogP contribution is 2.27. The molecule has 1 unspecified atom stereocenters. The Morgan fingerprint density at radius 3 is 2.47 bits per heavy atom. The lowest BCUT2D eigenvalue weighted by Gasteiger charge is -2.36. The van der Waals surface area contributed by atoms with Gasteiger partial charge >= 0.3 is 0 Å². The molecule has 1 atom stereocenters. The van der Waals surface area contributed by atoms with E-state index in [2.05, 4.69) is 22.0 Å². The summed E-state index contributed by atoms with van der Waals surface area (Å²) in [6, 6.07) is 1.16. The largest absolute Gasteiger partial charge is 0.395 e. The molecule has 0 aromatic carbocycles. The van der Waals surface area contributed by atoms with Crippen molar-refractivity contribution in [2.75, 3.05) is 45.9 Å². The molecule has 0 spiro atoms. The molecule has 4 nitrogen and oxygen atoms in total. The first kappa shape index (κ1) is 13.3. The van der Waals surface area contributed by atoms with Crippen molar-refractivity contribution < 1.29 is 5.11 Å². The van der Waals surface area contributed by atoms with E-state index < -0.39 is 0 Å². The number of nitrogens with zero attached hydrogens (tertiary/aromatic N) is 2. The predicted molar refractivity (Wildman–Crippen MR) is 70.2 cm³/mol. The van der Waals surface area contributed by atoms with Crippen LogP contribution in [0.15, 0.2) is 0 Å². The molecule has 2 rings (SSSR count). The quantitative estimate of drug-likeness (QED) is 0.664. The molecule has 2 aliphatic rings. The predicted octanol–water partition coefficient (Wildman–Crippen LogP) is 0.127. The first-order valence-electron chi connectivity index (χ1n) is 7.14. The van der Waals surface area contributed by atoms with Gasteiger partial charge in [0.05, 0.1) is 6.61 Å². The third kappa shape index (κ3) is 4.21. The topological polar surface area (TPSA) is 38.7 Å². The number of aliphatic hydroxyl groups excluding tert-OH is 1. The molecule has 2 N–H and O–H groups in total. The summed E-state index contributed by atoms with van der Waals surface area (Å²) in [5, 5.41) is 12.7. The van der Waals surface area contributed by atoms with Gasteiger partial charge in [-0.2, -0.15) is 0 Å². The third-order valence-electron chi connectivity index (χ3n) is 3.85. The van der Waals surface area contributed by atoms with Crippen LogP contribution in [-0.4, -0.2) is 72.9 Å². The molecule has 100 valence electrons. The van der Waals surface area contributed by atoms with E-state index in [0.29, 0.717) is 0 Å². The normalized spacial score (nSPS) is 25.1. The fraction of sp³-hybridized carbons (Fsp3) is 1.00. The van der Waals surface area contributed by atoms with Gasteiger partial charge in [0, 0.05) is 44.8 Å². The first-order chi connectivity index (χ1) is 8.33. The fourth-order valence-corrected chi connectivity index (χ4v) is 2.60. The standard InChI is InChI=1S/C13H27N3O/c1-2-5-14-12(11-17)10-15-6-8-16(9-7-15)13-3-4-13/h12-14,17H,2-11H2,1H3. The van der Waals surface area contributed by atoms with Crippen LogP contribution in [0, 0.1) is 0 Å². The Kier molecular flexibility index (Phi) is 5.22. The Labute approximate surface area is 105 Å². The smallest absolute Gasteiger partial charge is 0.0597 e. The van der Waals surface area contributed by atoms with Crippen molar-refractivity contribution in [2.24, 2.45) is 0 Å². The lowest BCUT2D eigenvalue weighted by molar-refractivity contribution is 0.106. The van der Waals surface area contributed by atoms with Gasteiger partial charge in [-0.1, -0.05) is 6.92 Å². The van der Waals surface area contributed by atoms with E-state index >= 15 is 0 Å². The van der Waals surface area contributed by atoms with E-state index in [-0.39, 0.29) is 12.6 Å². The van der Waals surface area contributed by atoms with Crippen molar-refractivity contribution in [2.45, 2.75) is 38.3 Å².